The van der Waals surface area contributed by atoms with Crippen LogP contribution in [0.3, 0.4) is 0 Å². The number of phenols is 1. The van der Waals surface area contributed by atoms with E-state index in [9.17, 15) is 5.11 Å². The number of hydrogen-bond acceptors (Lipinski definition) is 1. The molecule has 1 aromatic carbocycles. The number of aryl methyl sites for hydroxylation is 1. The zero-order valence-electron chi connectivity index (χ0n) is 8.10. The van der Waals surface area contributed by atoms with Crippen LogP contribution in [0.4, 0.5) is 0 Å². The number of phenolic OH excluding ortho intramolecular Hbond substituents is 1. The van der Waals surface area contributed by atoms with Gasteiger partial charge in [0.1, 0.15) is 5.75 Å². The summed E-state index contributed by atoms with van der Waals surface area (Å²) in [6, 6.07) is 6.69. The predicted molar refractivity (Wildman–Crippen MR) is 50.4 cm³/mol. The number of benzene rings is 1. The second-order valence-electron chi connectivity index (χ2n) is 4.17. The molecule has 0 saturated carbocycles. The SMILES string of the molecule is Cc1cc(C(C)(C)C)c[c]c1O. The standard InChI is InChI=1S/C11H15O/c1-8-7-9(11(2,3)4)5-6-10(8)12/h5,7,12H,1-4H3. The third-order valence-electron chi connectivity index (χ3n) is 1.98. The molecule has 1 rings (SSSR count). The van der Waals surface area contributed by atoms with Crippen molar-refractivity contribution in [2.45, 2.75) is 33.1 Å². The molecule has 0 aliphatic heterocycles. The first kappa shape index (κ1) is 9.11. The minimum atomic E-state index is 0.134. The lowest BCUT2D eigenvalue weighted by Crippen LogP contribution is -2.10. The summed E-state index contributed by atoms with van der Waals surface area (Å²) >= 11 is 0. The van der Waals surface area contributed by atoms with Crippen molar-refractivity contribution in [3.63, 3.8) is 0 Å². The molecule has 0 amide bonds. The highest BCUT2D eigenvalue weighted by atomic mass is 16.3. The van der Waals surface area contributed by atoms with E-state index < -0.39 is 0 Å². The molecule has 0 atom stereocenters. The first-order valence-electron chi connectivity index (χ1n) is 4.13. The maximum Gasteiger partial charge on any atom is 0.126 e. The normalized spacial score (nSPS) is 11.7. The zero-order chi connectivity index (χ0) is 9.35. The first-order chi connectivity index (χ1) is 5.41. The van der Waals surface area contributed by atoms with Crippen LogP contribution in [0, 0.1) is 13.0 Å². The molecule has 1 radical (unpaired) electrons. The Bertz CT molecular complexity index is 282. The zero-order valence-corrected chi connectivity index (χ0v) is 8.10. The molecule has 0 fully saturated rings. The van der Waals surface area contributed by atoms with Gasteiger partial charge in [-0.05, 0) is 29.5 Å². The van der Waals surface area contributed by atoms with E-state index >= 15 is 0 Å². The van der Waals surface area contributed by atoms with Gasteiger partial charge in [0.05, 0.1) is 0 Å². The van der Waals surface area contributed by atoms with Crippen molar-refractivity contribution >= 4 is 0 Å². The molecule has 0 aliphatic rings. The van der Waals surface area contributed by atoms with E-state index in [1.807, 2.05) is 19.1 Å². The second-order valence-corrected chi connectivity index (χ2v) is 4.17. The Balaban J connectivity index is 3.14. The Morgan fingerprint density at radius 3 is 2.33 bits per heavy atom. The lowest BCUT2D eigenvalue weighted by molar-refractivity contribution is 0.468. The Hall–Kier alpha value is -0.980. The number of aromatic hydroxyl groups is 1. The van der Waals surface area contributed by atoms with Gasteiger partial charge in [-0.15, -0.1) is 0 Å². The van der Waals surface area contributed by atoms with Gasteiger partial charge in [-0.1, -0.05) is 26.8 Å². The van der Waals surface area contributed by atoms with Crippen molar-refractivity contribution < 1.29 is 5.11 Å². The van der Waals surface area contributed by atoms with Crippen LogP contribution in [0.2, 0.25) is 0 Å². The molecule has 1 heteroatoms. The maximum atomic E-state index is 9.25. The molecule has 1 N–H and O–H groups in total. The van der Waals surface area contributed by atoms with Crippen molar-refractivity contribution in [3.8, 4) is 5.75 Å². The first-order valence-corrected chi connectivity index (χ1v) is 4.13. The quantitative estimate of drug-likeness (QED) is 0.623. The summed E-state index contributed by atoms with van der Waals surface area (Å²) in [5.41, 5.74) is 2.23. The van der Waals surface area contributed by atoms with E-state index in [-0.39, 0.29) is 11.2 Å². The molecule has 0 aromatic heterocycles. The topological polar surface area (TPSA) is 20.2 Å². The van der Waals surface area contributed by atoms with E-state index in [0.717, 1.165) is 5.56 Å². The highest BCUT2D eigenvalue weighted by Gasteiger charge is 2.13. The molecular formula is C11H15O. The van der Waals surface area contributed by atoms with Crippen LogP contribution in [0.5, 0.6) is 5.75 Å². The molecule has 12 heavy (non-hydrogen) atoms. The molecule has 1 nitrogen and oxygen atoms in total. The number of rotatable bonds is 0. The van der Waals surface area contributed by atoms with E-state index in [1.165, 1.54) is 5.56 Å². The third-order valence-corrected chi connectivity index (χ3v) is 1.98. The molecule has 1 aromatic rings. The van der Waals surface area contributed by atoms with Crippen molar-refractivity contribution in [2.24, 2.45) is 0 Å². The Kier molecular flexibility index (Phi) is 2.14. The van der Waals surface area contributed by atoms with Gasteiger partial charge in [-0.3, -0.25) is 0 Å². The van der Waals surface area contributed by atoms with E-state index in [4.69, 9.17) is 0 Å². The molecule has 0 saturated heterocycles. The molecular weight excluding hydrogens is 148 g/mol. The maximum absolute atomic E-state index is 9.25. The van der Waals surface area contributed by atoms with Gasteiger partial charge < -0.3 is 5.11 Å². The molecule has 0 aliphatic carbocycles. The monoisotopic (exact) mass is 163 g/mol. The van der Waals surface area contributed by atoms with Gasteiger partial charge in [0.25, 0.3) is 0 Å². The van der Waals surface area contributed by atoms with Gasteiger partial charge in [0.15, 0.2) is 0 Å². The van der Waals surface area contributed by atoms with Crippen molar-refractivity contribution in [2.75, 3.05) is 0 Å². The molecule has 0 bridgehead atoms. The van der Waals surface area contributed by atoms with Crippen LogP contribution in [0.1, 0.15) is 31.9 Å². The fourth-order valence-corrected chi connectivity index (χ4v) is 1.04. The van der Waals surface area contributed by atoms with Crippen LogP contribution in [-0.4, -0.2) is 5.11 Å². The van der Waals surface area contributed by atoms with Crippen LogP contribution in [-0.2, 0) is 5.41 Å². The minimum absolute atomic E-state index is 0.134. The largest absolute Gasteiger partial charge is 0.507 e. The lowest BCUT2D eigenvalue weighted by atomic mass is 9.86. The summed E-state index contributed by atoms with van der Waals surface area (Å²) in [5, 5.41) is 9.25. The Labute approximate surface area is 74.1 Å². The van der Waals surface area contributed by atoms with Gasteiger partial charge in [0, 0.05) is 6.07 Å². The molecule has 65 valence electrons. The van der Waals surface area contributed by atoms with Gasteiger partial charge >= 0.3 is 0 Å². The number of hydrogen-bond donors (Lipinski definition) is 1. The fourth-order valence-electron chi connectivity index (χ4n) is 1.04. The fraction of sp³-hybridized carbons (Fsp3) is 0.455. The smallest absolute Gasteiger partial charge is 0.126 e. The van der Waals surface area contributed by atoms with E-state index in [0.29, 0.717) is 0 Å². The summed E-state index contributed by atoms with van der Waals surface area (Å²) in [7, 11) is 0. The summed E-state index contributed by atoms with van der Waals surface area (Å²) in [4.78, 5) is 0. The van der Waals surface area contributed by atoms with Gasteiger partial charge in [0.2, 0.25) is 0 Å². The van der Waals surface area contributed by atoms with Crippen molar-refractivity contribution in [1.82, 2.24) is 0 Å². The average Bonchev–Trinajstić information content (AvgIpc) is 1.92. The Morgan fingerprint density at radius 2 is 1.92 bits per heavy atom. The summed E-state index contributed by atoms with van der Waals surface area (Å²) in [5.74, 6) is 0.253. The Morgan fingerprint density at radius 1 is 1.33 bits per heavy atom. The van der Waals surface area contributed by atoms with Crippen LogP contribution >= 0.6 is 0 Å². The van der Waals surface area contributed by atoms with E-state index in [1.54, 1.807) is 0 Å². The highest BCUT2D eigenvalue weighted by Crippen LogP contribution is 2.26. The highest BCUT2D eigenvalue weighted by molar-refractivity contribution is 5.36. The van der Waals surface area contributed by atoms with Crippen molar-refractivity contribution in [1.29, 1.82) is 0 Å². The summed E-state index contributed by atoms with van der Waals surface area (Å²) < 4.78 is 0. The van der Waals surface area contributed by atoms with Crippen LogP contribution < -0.4 is 0 Å². The van der Waals surface area contributed by atoms with Gasteiger partial charge in [-0.2, -0.15) is 0 Å². The lowest BCUT2D eigenvalue weighted by Gasteiger charge is -2.19. The summed E-state index contributed by atoms with van der Waals surface area (Å²) in [6.45, 7) is 8.33. The van der Waals surface area contributed by atoms with Crippen molar-refractivity contribution in [3.05, 3.63) is 29.3 Å². The van der Waals surface area contributed by atoms with Crippen LogP contribution in [0.25, 0.3) is 0 Å². The van der Waals surface area contributed by atoms with Gasteiger partial charge in [-0.25, -0.2) is 0 Å². The predicted octanol–water partition coefficient (Wildman–Crippen LogP) is 2.80. The molecule has 0 spiro atoms. The molecule has 0 unspecified atom stereocenters. The third kappa shape index (κ3) is 1.79. The minimum Gasteiger partial charge on any atom is -0.507 e. The average molecular weight is 163 g/mol. The molecule has 0 heterocycles. The second kappa shape index (κ2) is 2.81. The van der Waals surface area contributed by atoms with Crippen LogP contribution in [0.15, 0.2) is 12.1 Å². The van der Waals surface area contributed by atoms with E-state index in [2.05, 4.69) is 26.8 Å². The summed E-state index contributed by atoms with van der Waals surface area (Å²) in [6.07, 6.45) is 0.